The number of thioether (sulfide) groups is 1. The second-order valence-electron chi connectivity index (χ2n) is 6.59. The zero-order valence-corrected chi connectivity index (χ0v) is 16.0. The number of ether oxygens (including phenoxy) is 1. The second kappa shape index (κ2) is 9.22. The molecule has 1 aromatic heterocycles. The van der Waals surface area contributed by atoms with Crippen LogP contribution < -0.4 is 5.32 Å². The van der Waals surface area contributed by atoms with Gasteiger partial charge in [-0.05, 0) is 24.7 Å². The highest BCUT2D eigenvalue weighted by Crippen LogP contribution is 2.28. The summed E-state index contributed by atoms with van der Waals surface area (Å²) in [7, 11) is 0. The first-order valence-electron chi connectivity index (χ1n) is 7.61. The van der Waals surface area contributed by atoms with E-state index < -0.39 is 0 Å². The van der Waals surface area contributed by atoms with Crippen molar-refractivity contribution in [1.29, 1.82) is 0 Å². The SMILES string of the molecule is CCOC(=O)CSc1nnc(NC(=O)C[C@@H](C)CC(C)(C)C)s1. The molecule has 8 heteroatoms. The molecule has 0 fully saturated rings. The van der Waals surface area contributed by atoms with Crippen LogP contribution in [0.1, 0.15) is 47.5 Å². The lowest BCUT2D eigenvalue weighted by Crippen LogP contribution is -2.18. The van der Waals surface area contributed by atoms with Gasteiger partial charge in [0, 0.05) is 6.42 Å². The second-order valence-corrected chi connectivity index (χ2v) is 8.79. The Labute approximate surface area is 145 Å². The molecule has 1 rings (SSSR count). The van der Waals surface area contributed by atoms with Gasteiger partial charge in [-0.2, -0.15) is 0 Å². The Balaban J connectivity index is 2.40. The maximum absolute atomic E-state index is 12.0. The Bertz CT molecular complexity index is 526. The fourth-order valence-electron chi connectivity index (χ4n) is 2.25. The molecule has 0 aliphatic heterocycles. The zero-order valence-electron chi connectivity index (χ0n) is 14.3. The molecule has 0 bridgehead atoms. The summed E-state index contributed by atoms with van der Waals surface area (Å²) in [4.78, 5) is 23.3. The van der Waals surface area contributed by atoms with E-state index in [9.17, 15) is 9.59 Å². The number of nitrogens with one attached hydrogen (secondary N) is 1. The Hall–Kier alpha value is -1.15. The van der Waals surface area contributed by atoms with Crippen molar-refractivity contribution >= 4 is 40.1 Å². The molecule has 0 aliphatic carbocycles. The van der Waals surface area contributed by atoms with Gasteiger partial charge < -0.3 is 10.1 Å². The number of amides is 1. The molecule has 23 heavy (non-hydrogen) atoms. The highest BCUT2D eigenvalue weighted by Gasteiger charge is 2.18. The fourth-order valence-corrected chi connectivity index (χ4v) is 3.81. The molecule has 0 unspecified atom stereocenters. The van der Waals surface area contributed by atoms with Gasteiger partial charge in [0.05, 0.1) is 12.4 Å². The summed E-state index contributed by atoms with van der Waals surface area (Å²) in [5.74, 6) is 0.161. The number of rotatable bonds is 8. The van der Waals surface area contributed by atoms with Crippen LogP contribution in [-0.4, -0.2) is 34.4 Å². The highest BCUT2D eigenvalue weighted by molar-refractivity contribution is 8.01. The average molecular weight is 360 g/mol. The number of carbonyl (C=O) groups excluding carboxylic acids is 2. The van der Waals surface area contributed by atoms with Crippen LogP contribution in [0.5, 0.6) is 0 Å². The van der Waals surface area contributed by atoms with Crippen LogP contribution in [0.15, 0.2) is 4.34 Å². The predicted octanol–water partition coefficient (Wildman–Crippen LogP) is 3.59. The van der Waals surface area contributed by atoms with Gasteiger partial charge in [0.15, 0.2) is 4.34 Å². The molecule has 1 aromatic rings. The lowest BCUT2D eigenvalue weighted by Gasteiger charge is -2.22. The largest absolute Gasteiger partial charge is 0.465 e. The molecule has 6 nitrogen and oxygen atoms in total. The van der Waals surface area contributed by atoms with Crippen LogP contribution in [0.2, 0.25) is 0 Å². The third-order valence-corrected chi connectivity index (χ3v) is 4.71. The fraction of sp³-hybridized carbons (Fsp3) is 0.733. The van der Waals surface area contributed by atoms with E-state index in [0.717, 1.165) is 6.42 Å². The van der Waals surface area contributed by atoms with Crippen LogP contribution in [0.25, 0.3) is 0 Å². The smallest absolute Gasteiger partial charge is 0.316 e. The molecule has 1 amide bonds. The van der Waals surface area contributed by atoms with Gasteiger partial charge in [-0.3, -0.25) is 9.59 Å². The van der Waals surface area contributed by atoms with E-state index in [-0.39, 0.29) is 23.0 Å². The van der Waals surface area contributed by atoms with Crippen LogP contribution in [0.3, 0.4) is 0 Å². The average Bonchev–Trinajstić information content (AvgIpc) is 2.81. The first-order valence-corrected chi connectivity index (χ1v) is 9.41. The summed E-state index contributed by atoms with van der Waals surface area (Å²) in [5.41, 5.74) is 0.208. The molecule has 0 radical (unpaired) electrons. The van der Waals surface area contributed by atoms with Gasteiger partial charge >= 0.3 is 5.97 Å². The summed E-state index contributed by atoms with van der Waals surface area (Å²) < 4.78 is 5.48. The lowest BCUT2D eigenvalue weighted by atomic mass is 9.84. The van der Waals surface area contributed by atoms with Crippen LogP contribution in [0.4, 0.5) is 5.13 Å². The normalized spacial score (nSPS) is 12.7. The molecule has 0 saturated carbocycles. The summed E-state index contributed by atoms with van der Waals surface area (Å²) in [6.45, 7) is 10.7. The molecular formula is C15H25N3O3S2. The van der Waals surface area contributed by atoms with Crippen molar-refractivity contribution in [2.24, 2.45) is 11.3 Å². The first kappa shape index (κ1) is 19.9. The van der Waals surface area contributed by atoms with Crippen LogP contribution in [-0.2, 0) is 14.3 Å². The Morgan fingerprint density at radius 3 is 2.65 bits per heavy atom. The molecular weight excluding hydrogens is 334 g/mol. The number of nitrogens with zero attached hydrogens (tertiary/aromatic N) is 2. The zero-order chi connectivity index (χ0) is 17.5. The number of aromatic nitrogens is 2. The van der Waals surface area contributed by atoms with E-state index in [0.29, 0.717) is 28.4 Å². The minimum atomic E-state index is -0.283. The monoisotopic (exact) mass is 359 g/mol. The summed E-state index contributed by atoms with van der Waals surface area (Å²) >= 11 is 2.52. The number of anilines is 1. The third-order valence-electron chi connectivity index (χ3n) is 2.77. The van der Waals surface area contributed by atoms with E-state index in [4.69, 9.17) is 4.74 Å². The summed E-state index contributed by atoms with van der Waals surface area (Å²) in [6.07, 6.45) is 1.44. The van der Waals surface area contributed by atoms with Crippen LogP contribution >= 0.6 is 23.1 Å². The number of hydrogen-bond donors (Lipinski definition) is 1. The van der Waals surface area contributed by atoms with Crippen molar-refractivity contribution in [3.05, 3.63) is 0 Å². The van der Waals surface area contributed by atoms with Crippen molar-refractivity contribution in [2.75, 3.05) is 17.7 Å². The van der Waals surface area contributed by atoms with Crippen molar-refractivity contribution in [3.8, 4) is 0 Å². The van der Waals surface area contributed by atoms with Crippen LogP contribution in [0, 0.1) is 11.3 Å². The number of carbonyl (C=O) groups is 2. The van der Waals surface area contributed by atoms with Crippen molar-refractivity contribution < 1.29 is 14.3 Å². The van der Waals surface area contributed by atoms with Crippen molar-refractivity contribution in [2.45, 2.75) is 51.8 Å². The number of hydrogen-bond acceptors (Lipinski definition) is 7. The highest BCUT2D eigenvalue weighted by atomic mass is 32.2. The van der Waals surface area contributed by atoms with Gasteiger partial charge in [0.1, 0.15) is 0 Å². The maximum Gasteiger partial charge on any atom is 0.316 e. The quantitative estimate of drug-likeness (QED) is 0.434. The molecule has 1 heterocycles. The molecule has 0 aromatic carbocycles. The Morgan fingerprint density at radius 2 is 2.04 bits per heavy atom. The van der Waals surface area contributed by atoms with E-state index in [2.05, 4.69) is 43.2 Å². The Morgan fingerprint density at radius 1 is 1.35 bits per heavy atom. The van der Waals surface area contributed by atoms with Crippen molar-refractivity contribution in [3.63, 3.8) is 0 Å². The standard InChI is InChI=1S/C15H25N3O3S2/c1-6-21-12(20)9-22-14-18-17-13(23-14)16-11(19)7-10(2)8-15(3,4)5/h10H,6-9H2,1-5H3,(H,16,17,19)/t10-/m1/s1. The van der Waals surface area contributed by atoms with Crippen molar-refractivity contribution in [1.82, 2.24) is 10.2 Å². The first-order chi connectivity index (χ1) is 10.7. The van der Waals surface area contributed by atoms with Gasteiger partial charge in [0.25, 0.3) is 0 Å². The van der Waals surface area contributed by atoms with Gasteiger partial charge in [-0.15, -0.1) is 10.2 Å². The molecule has 0 saturated heterocycles. The van der Waals surface area contributed by atoms with E-state index in [1.165, 1.54) is 23.1 Å². The molecule has 130 valence electrons. The van der Waals surface area contributed by atoms with Gasteiger partial charge in [-0.25, -0.2) is 0 Å². The minimum absolute atomic E-state index is 0.0557. The van der Waals surface area contributed by atoms with E-state index in [1.807, 2.05) is 0 Å². The topological polar surface area (TPSA) is 81.2 Å². The van der Waals surface area contributed by atoms with Gasteiger partial charge in [-0.1, -0.05) is 50.8 Å². The lowest BCUT2D eigenvalue weighted by molar-refractivity contribution is -0.139. The molecule has 0 aliphatic rings. The summed E-state index contributed by atoms with van der Waals surface area (Å²) in [6, 6.07) is 0. The summed E-state index contributed by atoms with van der Waals surface area (Å²) in [5, 5.41) is 11.1. The molecule has 1 atom stereocenters. The van der Waals surface area contributed by atoms with Gasteiger partial charge in [0.2, 0.25) is 11.0 Å². The minimum Gasteiger partial charge on any atom is -0.465 e. The predicted molar refractivity (Wildman–Crippen MR) is 93.7 cm³/mol. The molecule has 0 spiro atoms. The number of esters is 1. The maximum atomic E-state index is 12.0. The third kappa shape index (κ3) is 8.90. The molecule has 1 N–H and O–H groups in total. The van der Waals surface area contributed by atoms with E-state index >= 15 is 0 Å². The Kier molecular flexibility index (Phi) is 7.98. The van der Waals surface area contributed by atoms with E-state index in [1.54, 1.807) is 6.92 Å².